The Morgan fingerprint density at radius 3 is 2.83 bits per heavy atom. The number of hydrogen-bond acceptors (Lipinski definition) is 7. The van der Waals surface area contributed by atoms with Crippen LogP contribution in [0.2, 0.25) is 0 Å². The van der Waals surface area contributed by atoms with Gasteiger partial charge < -0.3 is 31.0 Å². The molecule has 2 atom stereocenters. The summed E-state index contributed by atoms with van der Waals surface area (Å²) in [7, 11) is 2.17. The van der Waals surface area contributed by atoms with E-state index in [1.165, 1.54) is 0 Å². The first-order valence-corrected chi connectivity index (χ1v) is 10.7. The zero-order chi connectivity index (χ0) is 20.6. The Morgan fingerprint density at radius 1 is 1.34 bits per heavy atom. The molecule has 1 saturated carbocycles. The maximum atomic E-state index is 8.84. The van der Waals surface area contributed by atoms with Gasteiger partial charge in [0.15, 0.2) is 0 Å². The third kappa shape index (κ3) is 4.21. The highest BCUT2D eigenvalue weighted by molar-refractivity contribution is 6.07. The highest BCUT2D eigenvalue weighted by atomic mass is 16.5. The molecule has 5 N–H and O–H groups in total. The summed E-state index contributed by atoms with van der Waals surface area (Å²) in [6.45, 7) is 8.12. The molecule has 1 aromatic carbocycles. The molecule has 29 heavy (non-hydrogen) atoms. The van der Waals surface area contributed by atoms with Crippen molar-refractivity contribution in [2.75, 3.05) is 39.1 Å². The topological polar surface area (TPSA) is 89.6 Å². The first-order chi connectivity index (χ1) is 13.9. The van der Waals surface area contributed by atoms with Crippen molar-refractivity contribution in [1.29, 1.82) is 5.41 Å². The summed E-state index contributed by atoms with van der Waals surface area (Å²) in [5.41, 5.74) is 8.09. The van der Waals surface area contributed by atoms with Crippen molar-refractivity contribution in [3.63, 3.8) is 0 Å². The van der Waals surface area contributed by atoms with Crippen LogP contribution in [0, 0.1) is 5.41 Å². The van der Waals surface area contributed by atoms with E-state index in [1.807, 2.05) is 18.2 Å². The molecule has 1 saturated heterocycles. The first-order valence-electron chi connectivity index (χ1n) is 10.7. The van der Waals surface area contributed by atoms with Crippen molar-refractivity contribution in [2.24, 2.45) is 0 Å². The number of nitrogens with two attached hydrogens (primary N) is 1. The molecular formula is C22H34N6O. The molecule has 2 heterocycles. The largest absolute Gasteiger partial charge is 0.487 e. The zero-order valence-corrected chi connectivity index (χ0v) is 17.8. The van der Waals surface area contributed by atoms with E-state index >= 15 is 0 Å². The van der Waals surface area contributed by atoms with Gasteiger partial charge in [0.2, 0.25) is 0 Å². The predicted octanol–water partition coefficient (Wildman–Crippen LogP) is 1.95. The van der Waals surface area contributed by atoms with E-state index in [0.717, 1.165) is 56.0 Å². The van der Waals surface area contributed by atoms with Crippen LogP contribution in [0.1, 0.15) is 38.7 Å². The number of nitrogens with one attached hydrogen (secondary N) is 3. The minimum absolute atomic E-state index is 0.00673. The lowest BCUT2D eigenvalue weighted by atomic mass is 9.99. The van der Waals surface area contributed by atoms with Crippen LogP contribution in [0.5, 0.6) is 5.75 Å². The molecule has 3 aliphatic rings. The average Bonchev–Trinajstić information content (AvgIpc) is 3.49. The molecule has 0 radical (unpaired) electrons. The zero-order valence-electron chi connectivity index (χ0n) is 17.8. The molecule has 158 valence electrons. The number of rotatable bonds is 6. The van der Waals surface area contributed by atoms with E-state index in [0.29, 0.717) is 24.1 Å². The molecule has 7 heteroatoms. The summed E-state index contributed by atoms with van der Waals surface area (Å²) >= 11 is 0. The fourth-order valence-corrected chi connectivity index (χ4v) is 4.32. The lowest BCUT2D eigenvalue weighted by molar-refractivity contribution is 0.121. The van der Waals surface area contributed by atoms with Gasteiger partial charge in [-0.05, 0) is 57.5 Å². The number of likely N-dealkylation sites (N-methyl/N-ethyl adjacent to an activating group) is 1. The van der Waals surface area contributed by atoms with E-state index in [1.54, 1.807) is 0 Å². The molecule has 0 aromatic heterocycles. The van der Waals surface area contributed by atoms with Gasteiger partial charge in [-0.1, -0.05) is 6.92 Å². The number of nitrogen functional groups attached to an aromatic ring is 1. The molecule has 7 nitrogen and oxygen atoms in total. The average molecular weight is 399 g/mol. The van der Waals surface area contributed by atoms with Gasteiger partial charge in [-0.15, -0.1) is 0 Å². The van der Waals surface area contributed by atoms with E-state index in [4.69, 9.17) is 15.9 Å². The Bertz CT molecular complexity index is 802. The van der Waals surface area contributed by atoms with Crippen molar-refractivity contribution >= 4 is 11.4 Å². The van der Waals surface area contributed by atoms with Crippen LogP contribution >= 0.6 is 0 Å². The number of nitrogens with zero attached hydrogens (tertiary/aromatic N) is 2. The highest BCUT2D eigenvalue weighted by Crippen LogP contribution is 2.43. The summed E-state index contributed by atoms with van der Waals surface area (Å²) in [6, 6.07) is 5.97. The van der Waals surface area contributed by atoms with Crippen LogP contribution in [0.4, 0.5) is 5.69 Å². The number of benzene rings is 1. The van der Waals surface area contributed by atoms with Crippen molar-refractivity contribution in [3.8, 4) is 5.75 Å². The van der Waals surface area contributed by atoms with E-state index < -0.39 is 0 Å². The Labute approximate surface area is 173 Å². The Morgan fingerprint density at radius 2 is 2.14 bits per heavy atom. The van der Waals surface area contributed by atoms with E-state index in [-0.39, 0.29) is 11.6 Å². The van der Waals surface area contributed by atoms with Gasteiger partial charge in [0.05, 0.1) is 18.4 Å². The molecule has 1 aliphatic carbocycles. The highest BCUT2D eigenvalue weighted by Gasteiger charge is 2.43. The number of anilines is 1. The number of hydrogen-bond donors (Lipinski definition) is 4. The minimum Gasteiger partial charge on any atom is -0.487 e. The third-order valence-corrected chi connectivity index (χ3v) is 6.47. The molecule has 0 bridgehead atoms. The van der Waals surface area contributed by atoms with Gasteiger partial charge in [0.1, 0.15) is 17.2 Å². The molecule has 2 aliphatic heterocycles. The van der Waals surface area contributed by atoms with Crippen molar-refractivity contribution in [3.05, 3.63) is 35.7 Å². The number of piperazine rings is 1. The van der Waals surface area contributed by atoms with Crippen LogP contribution in [-0.2, 0) is 0 Å². The summed E-state index contributed by atoms with van der Waals surface area (Å²) in [5, 5.41) is 15.7. The second-order valence-corrected chi connectivity index (χ2v) is 8.69. The van der Waals surface area contributed by atoms with Gasteiger partial charge in [-0.25, -0.2) is 0 Å². The van der Waals surface area contributed by atoms with Gasteiger partial charge in [-0.2, -0.15) is 0 Å². The molecule has 0 amide bonds. The number of ether oxygens (including phenoxy) is 1. The smallest absolute Gasteiger partial charge is 0.120 e. The fourth-order valence-electron chi connectivity index (χ4n) is 4.32. The SMILES string of the molecule is CCC1(Oc2ccc(N)c(C(=N)C3C=C(N4CCN(C)C[C@H]4C)NCN3)c2)CC1. The minimum atomic E-state index is -0.184. The lowest BCUT2D eigenvalue weighted by Gasteiger charge is -2.42. The lowest BCUT2D eigenvalue weighted by Crippen LogP contribution is -2.55. The second kappa shape index (κ2) is 7.88. The summed E-state index contributed by atoms with van der Waals surface area (Å²) in [5.74, 6) is 1.91. The maximum absolute atomic E-state index is 8.84. The summed E-state index contributed by atoms with van der Waals surface area (Å²) < 4.78 is 6.22. The molecule has 0 spiro atoms. The summed E-state index contributed by atoms with van der Waals surface area (Å²) in [6.07, 6.45) is 5.34. The maximum Gasteiger partial charge on any atom is 0.120 e. The van der Waals surface area contributed by atoms with Crippen molar-refractivity contribution in [1.82, 2.24) is 20.4 Å². The van der Waals surface area contributed by atoms with Crippen LogP contribution in [0.15, 0.2) is 30.1 Å². The van der Waals surface area contributed by atoms with Crippen molar-refractivity contribution in [2.45, 2.75) is 50.8 Å². The molecule has 2 fully saturated rings. The van der Waals surface area contributed by atoms with Crippen LogP contribution in [0.25, 0.3) is 0 Å². The standard InChI is InChI=1S/C22H34N6O/c1-4-22(7-8-22)29-16-5-6-18(23)17(11-16)21(24)19-12-20(26-14-25-19)28-10-9-27(3)13-15(28)2/h5-6,11-12,15,19,24-26H,4,7-10,13-14,23H2,1-3H3/t15-,19?/m1/s1. The Hall–Kier alpha value is -2.25. The normalized spacial score (nSPS) is 26.4. The predicted molar refractivity (Wildman–Crippen MR) is 117 cm³/mol. The molecular weight excluding hydrogens is 364 g/mol. The monoisotopic (exact) mass is 398 g/mol. The van der Waals surface area contributed by atoms with Gasteiger partial charge in [0, 0.05) is 36.9 Å². The van der Waals surface area contributed by atoms with Crippen LogP contribution < -0.4 is 21.1 Å². The molecule has 1 aromatic rings. The van der Waals surface area contributed by atoms with Gasteiger partial charge in [0.25, 0.3) is 0 Å². The fraction of sp³-hybridized carbons (Fsp3) is 0.591. The van der Waals surface area contributed by atoms with Gasteiger partial charge >= 0.3 is 0 Å². The Kier molecular flexibility index (Phi) is 5.44. The quantitative estimate of drug-likeness (QED) is 0.433. The van der Waals surface area contributed by atoms with E-state index in [9.17, 15) is 0 Å². The van der Waals surface area contributed by atoms with Crippen molar-refractivity contribution < 1.29 is 4.74 Å². The third-order valence-electron chi connectivity index (χ3n) is 6.47. The Balaban J connectivity index is 1.53. The van der Waals surface area contributed by atoms with Crippen LogP contribution in [0.3, 0.4) is 0 Å². The summed E-state index contributed by atoms with van der Waals surface area (Å²) in [4.78, 5) is 4.76. The first kappa shape index (κ1) is 20.0. The molecule has 4 rings (SSSR count). The van der Waals surface area contributed by atoms with Crippen LogP contribution in [-0.4, -0.2) is 66.5 Å². The van der Waals surface area contributed by atoms with E-state index in [2.05, 4.69) is 47.4 Å². The van der Waals surface area contributed by atoms with Gasteiger partial charge in [-0.3, -0.25) is 5.32 Å². The molecule has 1 unspecified atom stereocenters. The second-order valence-electron chi connectivity index (χ2n) is 8.69.